The van der Waals surface area contributed by atoms with Gasteiger partial charge in [0.1, 0.15) is 4.87 Å². The quantitative estimate of drug-likeness (QED) is 0.853. The average Bonchev–Trinajstić information content (AvgIpc) is 2.65. The summed E-state index contributed by atoms with van der Waals surface area (Å²) in [6.07, 6.45) is 3.80. The predicted octanol–water partition coefficient (Wildman–Crippen LogP) is 2.29. The van der Waals surface area contributed by atoms with E-state index in [9.17, 15) is 9.59 Å². The van der Waals surface area contributed by atoms with E-state index in [0.717, 1.165) is 25.7 Å². The summed E-state index contributed by atoms with van der Waals surface area (Å²) in [7, 11) is 0. The third kappa shape index (κ3) is 3.25. The van der Waals surface area contributed by atoms with E-state index in [2.05, 4.69) is 17.3 Å². The minimum Gasteiger partial charge on any atom is -0.304 e. The Bertz CT molecular complexity index is 370. The highest BCUT2D eigenvalue weighted by atomic mass is 32.2. The molecule has 1 N–H and O–H groups in total. The maximum Gasteiger partial charge on any atom is 0.240 e. The Kier molecular flexibility index (Phi) is 5.19. The molecule has 0 aromatic heterocycles. The van der Waals surface area contributed by atoms with E-state index in [1.54, 1.807) is 0 Å². The lowest BCUT2D eigenvalue weighted by atomic mass is 10.1. The van der Waals surface area contributed by atoms with E-state index >= 15 is 0 Å². The van der Waals surface area contributed by atoms with Gasteiger partial charge < -0.3 is 5.32 Å². The molecular formula is C12H21N3O2S. The van der Waals surface area contributed by atoms with Gasteiger partial charge in [0, 0.05) is 13.8 Å². The van der Waals surface area contributed by atoms with Crippen molar-refractivity contribution in [3.8, 4) is 0 Å². The highest BCUT2D eigenvalue weighted by Crippen LogP contribution is 2.43. The molecule has 0 fully saturated rings. The molecule has 102 valence electrons. The fourth-order valence-corrected chi connectivity index (χ4v) is 3.32. The molecule has 1 unspecified atom stereocenters. The number of amides is 2. The molecule has 5 nitrogen and oxygen atoms in total. The predicted molar refractivity (Wildman–Crippen MR) is 73.9 cm³/mol. The molecule has 0 bridgehead atoms. The van der Waals surface area contributed by atoms with E-state index in [1.165, 1.54) is 30.6 Å². The van der Waals surface area contributed by atoms with Crippen molar-refractivity contribution in [1.29, 1.82) is 0 Å². The fraction of sp³-hybridized carbons (Fsp3) is 0.750. The van der Waals surface area contributed by atoms with Gasteiger partial charge in [-0.2, -0.15) is 0 Å². The lowest BCUT2D eigenvalue weighted by Crippen LogP contribution is -2.42. The molecule has 0 spiro atoms. The van der Waals surface area contributed by atoms with Gasteiger partial charge in [-0.3, -0.25) is 9.59 Å². The minimum atomic E-state index is -0.334. The minimum absolute atomic E-state index is 0.0826. The van der Waals surface area contributed by atoms with Gasteiger partial charge in [0.15, 0.2) is 5.17 Å². The number of thioether (sulfide) groups is 1. The summed E-state index contributed by atoms with van der Waals surface area (Å²) in [5.41, 5.74) is 0. The Morgan fingerprint density at radius 1 is 1.39 bits per heavy atom. The largest absolute Gasteiger partial charge is 0.304 e. The van der Waals surface area contributed by atoms with Crippen LogP contribution in [0.4, 0.5) is 0 Å². The standard InChI is InChI=1S/C12H21N3O2S/c1-5-7-8-12(6-2)15(10(4)17)14-11(18-12)13-9(3)16/h5-8H2,1-4H3,(H,13,14,16). The van der Waals surface area contributed by atoms with Crippen LogP contribution in [-0.2, 0) is 9.59 Å². The summed E-state index contributed by atoms with van der Waals surface area (Å²) in [4.78, 5) is 22.5. The maximum absolute atomic E-state index is 11.7. The Labute approximate surface area is 112 Å². The van der Waals surface area contributed by atoms with Gasteiger partial charge in [0.25, 0.3) is 0 Å². The number of carbonyl (C=O) groups excluding carboxylic acids is 2. The first-order valence-corrected chi connectivity index (χ1v) is 7.13. The van der Waals surface area contributed by atoms with Crippen molar-refractivity contribution >= 4 is 28.7 Å². The van der Waals surface area contributed by atoms with Gasteiger partial charge in [-0.25, -0.2) is 5.01 Å². The van der Waals surface area contributed by atoms with E-state index in [0.29, 0.717) is 5.17 Å². The topological polar surface area (TPSA) is 61.8 Å². The Hall–Kier alpha value is -1.04. The Morgan fingerprint density at radius 2 is 2.06 bits per heavy atom. The van der Waals surface area contributed by atoms with E-state index in [1.807, 2.05) is 6.92 Å². The van der Waals surface area contributed by atoms with Crippen LogP contribution in [0.3, 0.4) is 0 Å². The summed E-state index contributed by atoms with van der Waals surface area (Å²) in [6.45, 7) is 7.12. The Balaban J connectivity index is 2.91. The van der Waals surface area contributed by atoms with Gasteiger partial charge in [-0.1, -0.05) is 38.5 Å². The summed E-state index contributed by atoms with van der Waals surface area (Å²) in [5.74, 6) is -0.243. The SMILES string of the molecule is CCCCC1(CC)SC(NC(C)=O)=NN1C(C)=O. The molecule has 1 atom stereocenters. The van der Waals surface area contributed by atoms with Crippen molar-refractivity contribution in [1.82, 2.24) is 10.3 Å². The van der Waals surface area contributed by atoms with Crippen LogP contribution < -0.4 is 5.32 Å². The smallest absolute Gasteiger partial charge is 0.240 e. The van der Waals surface area contributed by atoms with Crippen molar-refractivity contribution in [3.63, 3.8) is 0 Å². The summed E-state index contributed by atoms with van der Waals surface area (Å²) in [5, 5.41) is 8.96. The van der Waals surface area contributed by atoms with Crippen LogP contribution in [0.5, 0.6) is 0 Å². The maximum atomic E-state index is 11.7. The second-order valence-electron chi connectivity index (χ2n) is 4.42. The van der Waals surface area contributed by atoms with E-state index in [-0.39, 0.29) is 16.7 Å². The molecular weight excluding hydrogens is 250 g/mol. The number of hydrogen-bond donors (Lipinski definition) is 1. The van der Waals surface area contributed by atoms with E-state index < -0.39 is 0 Å². The van der Waals surface area contributed by atoms with Crippen LogP contribution >= 0.6 is 11.8 Å². The van der Waals surface area contributed by atoms with Crippen LogP contribution in [0.1, 0.15) is 53.4 Å². The molecule has 1 heterocycles. The number of nitrogens with zero attached hydrogens (tertiary/aromatic N) is 2. The Morgan fingerprint density at radius 3 is 2.50 bits per heavy atom. The number of nitrogens with one attached hydrogen (secondary N) is 1. The van der Waals surface area contributed by atoms with Crippen molar-refractivity contribution in [2.24, 2.45) is 5.10 Å². The zero-order valence-electron chi connectivity index (χ0n) is 11.4. The average molecular weight is 271 g/mol. The molecule has 1 aliphatic rings. The molecule has 18 heavy (non-hydrogen) atoms. The number of amidine groups is 1. The monoisotopic (exact) mass is 271 g/mol. The van der Waals surface area contributed by atoms with Gasteiger partial charge in [0.2, 0.25) is 11.8 Å². The van der Waals surface area contributed by atoms with E-state index in [4.69, 9.17) is 0 Å². The zero-order chi connectivity index (χ0) is 13.8. The van der Waals surface area contributed by atoms with Crippen LogP contribution in [0.15, 0.2) is 5.10 Å². The van der Waals surface area contributed by atoms with Crippen LogP contribution in [0.25, 0.3) is 0 Å². The molecule has 0 aromatic rings. The molecule has 0 aromatic carbocycles. The molecule has 0 radical (unpaired) electrons. The van der Waals surface area contributed by atoms with Crippen LogP contribution in [0, 0.1) is 0 Å². The second-order valence-corrected chi connectivity index (χ2v) is 5.77. The molecule has 0 saturated carbocycles. The molecule has 1 rings (SSSR count). The van der Waals surface area contributed by atoms with Crippen molar-refractivity contribution in [2.75, 3.05) is 0 Å². The first kappa shape index (κ1) is 15.0. The number of rotatable bonds is 4. The number of hydrogen-bond acceptors (Lipinski definition) is 4. The summed E-state index contributed by atoms with van der Waals surface area (Å²) in [6, 6.07) is 0. The molecule has 6 heteroatoms. The lowest BCUT2D eigenvalue weighted by Gasteiger charge is -2.33. The first-order chi connectivity index (χ1) is 8.45. The highest BCUT2D eigenvalue weighted by molar-refractivity contribution is 8.15. The van der Waals surface area contributed by atoms with Crippen molar-refractivity contribution < 1.29 is 9.59 Å². The summed E-state index contributed by atoms with van der Waals surface area (Å²) < 4.78 is 0. The summed E-state index contributed by atoms with van der Waals surface area (Å²) >= 11 is 1.49. The van der Waals surface area contributed by atoms with Crippen LogP contribution in [-0.4, -0.2) is 26.9 Å². The lowest BCUT2D eigenvalue weighted by molar-refractivity contribution is -0.132. The second kappa shape index (κ2) is 6.22. The first-order valence-electron chi connectivity index (χ1n) is 6.31. The molecule has 2 amide bonds. The third-order valence-electron chi connectivity index (χ3n) is 2.92. The van der Waals surface area contributed by atoms with Gasteiger partial charge in [0.05, 0.1) is 0 Å². The molecule has 0 aliphatic carbocycles. The third-order valence-corrected chi connectivity index (χ3v) is 4.34. The van der Waals surface area contributed by atoms with Gasteiger partial charge >= 0.3 is 0 Å². The van der Waals surface area contributed by atoms with Gasteiger partial charge in [-0.05, 0) is 12.8 Å². The fourth-order valence-electron chi connectivity index (χ4n) is 1.99. The number of hydrazone groups is 1. The zero-order valence-corrected chi connectivity index (χ0v) is 12.3. The van der Waals surface area contributed by atoms with Crippen LogP contribution in [0.2, 0.25) is 0 Å². The number of unbranched alkanes of at least 4 members (excludes halogenated alkanes) is 1. The normalized spacial score (nSPS) is 22.9. The van der Waals surface area contributed by atoms with Crippen molar-refractivity contribution in [3.05, 3.63) is 0 Å². The molecule has 0 saturated heterocycles. The highest BCUT2D eigenvalue weighted by Gasteiger charge is 2.44. The van der Waals surface area contributed by atoms with Crippen molar-refractivity contribution in [2.45, 2.75) is 58.2 Å². The van der Waals surface area contributed by atoms with Gasteiger partial charge in [-0.15, -0.1) is 5.10 Å². The molecule has 1 aliphatic heterocycles. The number of carbonyl (C=O) groups is 2.